The third kappa shape index (κ3) is 2.47. The van der Waals surface area contributed by atoms with Crippen LogP contribution in [-0.4, -0.2) is 22.0 Å². The van der Waals surface area contributed by atoms with Gasteiger partial charge in [0.2, 0.25) is 0 Å². The molecule has 2 atom stereocenters. The van der Waals surface area contributed by atoms with Crippen LogP contribution >= 0.6 is 0 Å². The third-order valence-corrected chi connectivity index (χ3v) is 1.73. The van der Waals surface area contributed by atoms with Crippen LogP contribution in [0.1, 0.15) is 15.2 Å². The number of hydrogen-bond donors (Lipinski definition) is 3. The highest BCUT2D eigenvalue weighted by atomic mass is 16.3. The van der Waals surface area contributed by atoms with Crippen molar-refractivity contribution in [1.29, 1.82) is 0 Å². The first-order chi connectivity index (χ1) is 7.26. The number of benzene rings is 1. The van der Waals surface area contributed by atoms with Gasteiger partial charge in [0.05, 0.1) is 7.39 Å². The maximum absolute atomic E-state index is 11.1. The molecule has 4 N–H and O–H groups in total. The zero-order valence-electron chi connectivity index (χ0n) is 9.69. The Kier molecular flexibility index (Phi) is 2.29. The van der Waals surface area contributed by atoms with E-state index in [1.54, 1.807) is 0 Å². The van der Waals surface area contributed by atoms with E-state index in [1.165, 1.54) is 12.1 Å². The van der Waals surface area contributed by atoms with E-state index in [0.29, 0.717) is 0 Å². The van der Waals surface area contributed by atoms with Crippen LogP contribution in [0.2, 0.25) is 0 Å². The molecule has 0 spiro atoms. The zero-order valence-corrected chi connectivity index (χ0v) is 7.69. The first-order valence-corrected chi connectivity index (χ1v) is 4.01. The van der Waals surface area contributed by atoms with E-state index in [4.69, 9.17) is 13.6 Å². The lowest BCUT2D eigenvalue weighted by molar-refractivity contribution is -0.118. The monoisotopic (exact) mass is 197 g/mol. The summed E-state index contributed by atoms with van der Waals surface area (Å²) < 4.78 is 15.2. The molecule has 0 radical (unpaired) electrons. The van der Waals surface area contributed by atoms with Gasteiger partial charge in [0.15, 0.2) is 11.5 Å². The quantitative estimate of drug-likeness (QED) is 0.618. The zero-order chi connectivity index (χ0) is 12.5. The molecule has 1 rings (SSSR count). The van der Waals surface area contributed by atoms with Crippen molar-refractivity contribution < 1.29 is 17.7 Å². The van der Waals surface area contributed by atoms with Crippen molar-refractivity contribution in [3.05, 3.63) is 23.8 Å². The highest BCUT2D eigenvalue weighted by Gasteiger charge is 2.10. The number of aromatic hydroxyl groups is 2. The molecule has 0 aliphatic heterocycles. The molecule has 0 aliphatic rings. The number of hydrogen-bond acceptors (Lipinski definition) is 4. The maximum atomic E-state index is 11.1. The summed E-state index contributed by atoms with van der Waals surface area (Å²) in [6, 6.07) is 1.57. The summed E-state index contributed by atoms with van der Waals surface area (Å²) in [5, 5.41) is 18.3. The number of carbonyl (C=O) groups is 1. The molecule has 4 nitrogen and oxygen atoms in total. The Morgan fingerprint density at radius 3 is 2.79 bits per heavy atom. The molecule has 0 aromatic heterocycles. The van der Waals surface area contributed by atoms with Gasteiger partial charge in [-0.1, -0.05) is 6.07 Å². The van der Waals surface area contributed by atoms with Gasteiger partial charge in [0, 0.05) is 1.37 Å². The van der Waals surface area contributed by atoms with Crippen LogP contribution in [0.5, 0.6) is 11.5 Å². The highest BCUT2D eigenvalue weighted by molar-refractivity contribution is 5.81. The van der Waals surface area contributed by atoms with Crippen LogP contribution in [0.3, 0.4) is 0 Å². The maximum Gasteiger partial charge on any atom is 0.157 e. The van der Waals surface area contributed by atoms with Gasteiger partial charge in [-0.2, -0.15) is 0 Å². The molecule has 14 heavy (non-hydrogen) atoms. The first-order valence-electron chi connectivity index (χ1n) is 5.08. The van der Waals surface area contributed by atoms with Crippen LogP contribution in [0.4, 0.5) is 0 Å². The smallest absolute Gasteiger partial charge is 0.157 e. The number of phenolic OH excluding ortho intramolecular Hbond substituents is 2. The van der Waals surface area contributed by atoms with Crippen molar-refractivity contribution in [2.24, 2.45) is 5.73 Å². The predicted octanol–water partition coefficient (Wildman–Crippen LogP) is 0.557. The molecular formula is C10H13NO3. The molecule has 0 unspecified atom stereocenters. The minimum atomic E-state index is -2.07. The van der Waals surface area contributed by atoms with Gasteiger partial charge < -0.3 is 15.9 Å². The Morgan fingerprint density at radius 1 is 1.64 bits per heavy atom. The van der Waals surface area contributed by atoms with Gasteiger partial charge in [0.25, 0.3) is 0 Å². The second-order valence-corrected chi connectivity index (χ2v) is 2.90. The fourth-order valence-electron chi connectivity index (χ4n) is 0.911. The lowest BCUT2D eigenvalue weighted by Crippen LogP contribution is -2.30. The molecule has 0 amide bonds. The second kappa shape index (κ2) is 4.11. The summed E-state index contributed by atoms with van der Waals surface area (Å²) in [7, 11) is 0. The summed E-state index contributed by atoms with van der Waals surface area (Å²) in [5.74, 6) is -1.37. The molecule has 1 aromatic rings. The summed E-state index contributed by atoms with van der Waals surface area (Å²) in [4.78, 5) is 11.1. The molecule has 76 valence electrons. The van der Waals surface area contributed by atoms with Gasteiger partial charge in [0.1, 0.15) is 5.78 Å². The topological polar surface area (TPSA) is 83.6 Å². The van der Waals surface area contributed by atoms with Crippen LogP contribution < -0.4 is 5.73 Å². The van der Waals surface area contributed by atoms with Crippen LogP contribution in [0, 0.1) is 0 Å². The van der Waals surface area contributed by atoms with Gasteiger partial charge in [-0.15, -0.1) is 0 Å². The molecule has 0 bridgehead atoms. The van der Waals surface area contributed by atoms with Crippen molar-refractivity contribution in [3.63, 3.8) is 0 Å². The van der Waals surface area contributed by atoms with E-state index in [0.717, 1.165) is 13.0 Å². The molecular weight excluding hydrogens is 182 g/mol. The Hall–Kier alpha value is -1.55. The average molecular weight is 197 g/mol. The molecule has 0 saturated carbocycles. The Bertz CT molecular complexity index is 421. The average Bonchev–Trinajstić information content (AvgIpc) is 2.20. The lowest BCUT2D eigenvalue weighted by Gasteiger charge is -2.08. The minimum Gasteiger partial charge on any atom is -0.504 e. The number of Topliss-reactive ketones (excluding diaryl/α,β-unsaturated/α-hetero) is 1. The minimum absolute atomic E-state index is 0.197. The Morgan fingerprint density at radius 2 is 2.29 bits per heavy atom. The first kappa shape index (κ1) is 7.82. The molecule has 4 heteroatoms. The summed E-state index contributed by atoms with van der Waals surface area (Å²) in [5.41, 5.74) is 5.61. The number of nitrogens with two attached hydrogens (primary N) is 1. The van der Waals surface area contributed by atoms with Crippen molar-refractivity contribution >= 4 is 5.78 Å². The predicted molar refractivity (Wildman–Crippen MR) is 52.1 cm³/mol. The summed E-state index contributed by atoms with van der Waals surface area (Å²) in [6.07, 6.45) is -1.32. The van der Waals surface area contributed by atoms with Crippen LogP contribution in [0.25, 0.3) is 0 Å². The van der Waals surface area contributed by atoms with E-state index >= 15 is 0 Å². The van der Waals surface area contributed by atoms with Gasteiger partial charge in [-0.25, -0.2) is 0 Å². The van der Waals surface area contributed by atoms with Crippen molar-refractivity contribution in [1.82, 2.24) is 0 Å². The SMILES string of the molecule is [2H][C@H](c1ccc(O)c(O)c1)[C@]([2H])(N)C(C)=O. The molecule has 0 fully saturated rings. The van der Waals surface area contributed by atoms with Gasteiger partial charge in [-0.05, 0) is 31.0 Å². The largest absolute Gasteiger partial charge is 0.504 e. The number of rotatable bonds is 3. The van der Waals surface area contributed by atoms with Crippen molar-refractivity contribution in [2.45, 2.75) is 19.3 Å². The fraction of sp³-hybridized carbons (Fsp3) is 0.300. The van der Waals surface area contributed by atoms with Gasteiger partial charge >= 0.3 is 0 Å². The summed E-state index contributed by atoms with van der Waals surface area (Å²) >= 11 is 0. The normalized spacial score (nSPS) is 19.0. The molecule has 0 saturated heterocycles. The van der Waals surface area contributed by atoms with Crippen molar-refractivity contribution in [3.8, 4) is 11.5 Å². The fourth-order valence-corrected chi connectivity index (χ4v) is 0.911. The van der Waals surface area contributed by atoms with E-state index in [-0.39, 0.29) is 11.3 Å². The standard InChI is InChI=1S/C10H13NO3/c1-6(12)8(11)4-7-2-3-9(13)10(14)5-7/h2-3,5,8,13-14H,4,11H2,1H3/t8-/m0/s1/i4D,8D/t4-,8+/m1. The lowest BCUT2D eigenvalue weighted by atomic mass is 10.0. The van der Waals surface area contributed by atoms with E-state index in [1.807, 2.05) is 0 Å². The summed E-state index contributed by atoms with van der Waals surface area (Å²) in [6.45, 7) is 1.13. The Balaban J connectivity index is 3.10. The van der Waals surface area contributed by atoms with E-state index in [2.05, 4.69) is 0 Å². The van der Waals surface area contributed by atoms with Crippen molar-refractivity contribution in [2.75, 3.05) is 0 Å². The van der Waals surface area contributed by atoms with E-state index < -0.39 is 23.9 Å². The Labute approximate surface area is 84.8 Å². The third-order valence-electron chi connectivity index (χ3n) is 1.73. The number of phenols is 2. The van der Waals surface area contributed by atoms with E-state index in [9.17, 15) is 9.90 Å². The number of ketones is 1. The van der Waals surface area contributed by atoms with Crippen LogP contribution in [0.15, 0.2) is 18.2 Å². The molecule has 0 heterocycles. The van der Waals surface area contributed by atoms with Crippen LogP contribution in [-0.2, 0) is 11.2 Å². The molecule has 1 aromatic carbocycles. The number of carbonyl (C=O) groups excluding carboxylic acids is 1. The second-order valence-electron chi connectivity index (χ2n) is 2.90. The molecule has 0 aliphatic carbocycles. The highest BCUT2D eigenvalue weighted by Crippen LogP contribution is 2.25. The van der Waals surface area contributed by atoms with Gasteiger partial charge in [-0.3, -0.25) is 4.79 Å².